The molecular formula is C9H10O5S. The van der Waals surface area contributed by atoms with Gasteiger partial charge in [0.2, 0.25) is 0 Å². The van der Waals surface area contributed by atoms with E-state index in [-0.39, 0.29) is 10.5 Å². The van der Waals surface area contributed by atoms with Gasteiger partial charge < -0.3 is 9.84 Å². The summed E-state index contributed by atoms with van der Waals surface area (Å²) in [6, 6.07) is 3.80. The average Bonchev–Trinajstić information content (AvgIpc) is 2.15. The van der Waals surface area contributed by atoms with Crippen LogP contribution in [0.2, 0.25) is 0 Å². The summed E-state index contributed by atoms with van der Waals surface area (Å²) < 4.78 is 27.3. The summed E-state index contributed by atoms with van der Waals surface area (Å²) in [5.74, 6) is -0.992. The molecule has 0 spiro atoms. The molecule has 82 valence electrons. The molecule has 1 aromatic carbocycles. The third-order valence-electron chi connectivity index (χ3n) is 1.82. The number of benzene rings is 1. The molecule has 0 aliphatic rings. The van der Waals surface area contributed by atoms with E-state index < -0.39 is 15.8 Å². The zero-order valence-electron chi connectivity index (χ0n) is 8.22. The summed E-state index contributed by atoms with van der Waals surface area (Å²) in [6.45, 7) is 0. The van der Waals surface area contributed by atoms with Gasteiger partial charge in [-0.2, -0.15) is 0 Å². The number of carboxylic acid groups (broad SMARTS) is 1. The molecule has 15 heavy (non-hydrogen) atoms. The highest BCUT2D eigenvalue weighted by molar-refractivity contribution is 7.90. The van der Waals surface area contributed by atoms with Crippen LogP contribution in [0.4, 0.5) is 0 Å². The Morgan fingerprint density at radius 3 is 2.40 bits per heavy atom. The van der Waals surface area contributed by atoms with Crippen molar-refractivity contribution in [3.8, 4) is 5.75 Å². The van der Waals surface area contributed by atoms with Gasteiger partial charge in [0.05, 0.1) is 17.6 Å². The molecule has 0 unspecified atom stereocenters. The number of aromatic carboxylic acids is 1. The van der Waals surface area contributed by atoms with Crippen LogP contribution >= 0.6 is 0 Å². The molecule has 0 fully saturated rings. The molecule has 0 aliphatic carbocycles. The summed E-state index contributed by atoms with van der Waals surface area (Å²) in [7, 11) is -2.16. The lowest BCUT2D eigenvalue weighted by Crippen LogP contribution is -2.07. The Balaban J connectivity index is 3.48. The van der Waals surface area contributed by atoms with Crippen LogP contribution in [0, 0.1) is 0 Å². The largest absolute Gasteiger partial charge is 0.497 e. The number of carboxylic acids is 1. The minimum Gasteiger partial charge on any atom is -0.497 e. The maximum atomic E-state index is 11.3. The van der Waals surface area contributed by atoms with Crippen LogP contribution in [-0.4, -0.2) is 32.9 Å². The number of carbonyl (C=O) groups is 1. The minimum absolute atomic E-state index is 0.212. The summed E-state index contributed by atoms with van der Waals surface area (Å²) in [6.07, 6.45) is 0.960. The quantitative estimate of drug-likeness (QED) is 0.830. The second kappa shape index (κ2) is 3.90. The Bertz CT molecular complexity index is 489. The number of ether oxygens (including phenoxy) is 1. The monoisotopic (exact) mass is 230 g/mol. The van der Waals surface area contributed by atoms with E-state index in [1.807, 2.05) is 0 Å². The second-order valence-corrected chi connectivity index (χ2v) is 4.92. The van der Waals surface area contributed by atoms with Crippen molar-refractivity contribution in [1.82, 2.24) is 0 Å². The van der Waals surface area contributed by atoms with Gasteiger partial charge in [0.1, 0.15) is 5.75 Å². The lowest BCUT2D eigenvalue weighted by molar-refractivity contribution is 0.0692. The summed E-state index contributed by atoms with van der Waals surface area (Å²) in [4.78, 5) is 10.6. The molecule has 5 nitrogen and oxygen atoms in total. The predicted molar refractivity (Wildman–Crippen MR) is 53.1 cm³/mol. The van der Waals surface area contributed by atoms with E-state index in [4.69, 9.17) is 9.84 Å². The van der Waals surface area contributed by atoms with Crippen LogP contribution in [0.5, 0.6) is 5.75 Å². The van der Waals surface area contributed by atoms with Gasteiger partial charge in [-0.1, -0.05) is 0 Å². The topological polar surface area (TPSA) is 80.7 Å². The maximum absolute atomic E-state index is 11.3. The SMILES string of the molecule is COc1ccc(S(C)(=O)=O)c(C(=O)O)c1. The molecule has 0 saturated carbocycles. The fourth-order valence-electron chi connectivity index (χ4n) is 1.13. The van der Waals surface area contributed by atoms with Crippen molar-refractivity contribution in [3.63, 3.8) is 0 Å². The van der Waals surface area contributed by atoms with Crippen LogP contribution in [0.1, 0.15) is 10.4 Å². The van der Waals surface area contributed by atoms with E-state index >= 15 is 0 Å². The molecular weight excluding hydrogens is 220 g/mol. The highest BCUT2D eigenvalue weighted by atomic mass is 32.2. The molecule has 1 N–H and O–H groups in total. The van der Waals surface area contributed by atoms with Gasteiger partial charge in [-0.3, -0.25) is 0 Å². The smallest absolute Gasteiger partial charge is 0.337 e. The van der Waals surface area contributed by atoms with Crippen molar-refractivity contribution in [2.75, 3.05) is 13.4 Å². The Kier molecular flexibility index (Phi) is 2.99. The minimum atomic E-state index is -3.54. The normalized spacial score (nSPS) is 11.1. The fourth-order valence-corrected chi connectivity index (χ4v) is 1.99. The standard InChI is InChI=1S/C9H10O5S/c1-14-6-3-4-8(15(2,12)13)7(5-6)9(10)11/h3-5H,1-2H3,(H,10,11). The first-order chi connectivity index (χ1) is 6.86. The van der Waals surface area contributed by atoms with Crippen LogP contribution in [-0.2, 0) is 9.84 Å². The van der Waals surface area contributed by atoms with Gasteiger partial charge in [-0.25, -0.2) is 13.2 Å². The second-order valence-electron chi connectivity index (χ2n) is 2.94. The first kappa shape index (κ1) is 11.5. The Morgan fingerprint density at radius 1 is 1.40 bits per heavy atom. The first-order valence-corrected chi connectivity index (χ1v) is 5.87. The lowest BCUT2D eigenvalue weighted by Gasteiger charge is -2.06. The van der Waals surface area contributed by atoms with Gasteiger partial charge in [-0.15, -0.1) is 0 Å². The number of hydrogen-bond acceptors (Lipinski definition) is 4. The van der Waals surface area contributed by atoms with E-state index in [1.165, 1.54) is 25.3 Å². The van der Waals surface area contributed by atoms with E-state index in [0.29, 0.717) is 5.75 Å². The molecule has 0 aromatic heterocycles. The van der Waals surface area contributed by atoms with Gasteiger partial charge in [-0.05, 0) is 18.2 Å². The third-order valence-corrected chi connectivity index (χ3v) is 2.97. The number of methoxy groups -OCH3 is 1. The van der Waals surface area contributed by atoms with Crippen LogP contribution in [0.25, 0.3) is 0 Å². The molecule has 0 heterocycles. The van der Waals surface area contributed by atoms with Crippen LogP contribution < -0.4 is 4.74 Å². The zero-order chi connectivity index (χ0) is 11.6. The molecule has 1 aromatic rings. The molecule has 0 bridgehead atoms. The fraction of sp³-hybridized carbons (Fsp3) is 0.222. The average molecular weight is 230 g/mol. The maximum Gasteiger partial charge on any atom is 0.337 e. The van der Waals surface area contributed by atoms with Crippen molar-refractivity contribution in [1.29, 1.82) is 0 Å². The highest BCUT2D eigenvalue weighted by Gasteiger charge is 2.18. The van der Waals surface area contributed by atoms with Crippen molar-refractivity contribution < 1.29 is 23.1 Å². The summed E-state index contributed by atoms with van der Waals surface area (Å²) in [5, 5.41) is 8.83. The number of sulfone groups is 1. The first-order valence-electron chi connectivity index (χ1n) is 3.97. The van der Waals surface area contributed by atoms with Crippen molar-refractivity contribution in [3.05, 3.63) is 23.8 Å². The lowest BCUT2D eigenvalue weighted by atomic mass is 10.2. The molecule has 6 heteroatoms. The van der Waals surface area contributed by atoms with E-state index in [2.05, 4.69) is 0 Å². The van der Waals surface area contributed by atoms with Crippen molar-refractivity contribution >= 4 is 15.8 Å². The Labute approximate surface area is 87.2 Å². The van der Waals surface area contributed by atoms with Gasteiger partial charge in [0, 0.05) is 6.26 Å². The third kappa shape index (κ3) is 2.47. The van der Waals surface area contributed by atoms with E-state index in [9.17, 15) is 13.2 Å². The van der Waals surface area contributed by atoms with Crippen molar-refractivity contribution in [2.45, 2.75) is 4.90 Å². The number of hydrogen-bond donors (Lipinski definition) is 1. The molecule has 1 rings (SSSR count). The molecule has 0 amide bonds. The van der Waals surface area contributed by atoms with Gasteiger partial charge in [0.15, 0.2) is 9.84 Å². The van der Waals surface area contributed by atoms with Gasteiger partial charge in [0.25, 0.3) is 0 Å². The summed E-state index contributed by atoms with van der Waals surface area (Å²) in [5.41, 5.74) is -0.281. The Morgan fingerprint density at radius 2 is 2.00 bits per heavy atom. The zero-order valence-corrected chi connectivity index (χ0v) is 9.04. The Hall–Kier alpha value is -1.56. The molecule has 0 saturated heterocycles. The highest BCUT2D eigenvalue weighted by Crippen LogP contribution is 2.21. The molecule has 0 atom stereocenters. The summed E-state index contributed by atoms with van der Waals surface area (Å²) >= 11 is 0. The van der Waals surface area contributed by atoms with Crippen molar-refractivity contribution in [2.24, 2.45) is 0 Å². The molecule has 0 aliphatic heterocycles. The molecule has 0 radical (unpaired) electrons. The predicted octanol–water partition coefficient (Wildman–Crippen LogP) is 0.797. The number of rotatable bonds is 3. The van der Waals surface area contributed by atoms with Crippen LogP contribution in [0.15, 0.2) is 23.1 Å². The van der Waals surface area contributed by atoms with E-state index in [0.717, 1.165) is 6.26 Å². The van der Waals surface area contributed by atoms with Crippen LogP contribution in [0.3, 0.4) is 0 Å². The van der Waals surface area contributed by atoms with E-state index in [1.54, 1.807) is 0 Å². The van der Waals surface area contributed by atoms with Gasteiger partial charge >= 0.3 is 5.97 Å².